The lowest BCUT2D eigenvalue weighted by atomic mass is 9.74. The van der Waals surface area contributed by atoms with Crippen LogP contribution in [0.3, 0.4) is 0 Å². The predicted octanol–water partition coefficient (Wildman–Crippen LogP) is 3.89. The summed E-state index contributed by atoms with van der Waals surface area (Å²) in [6, 6.07) is 14.7. The summed E-state index contributed by atoms with van der Waals surface area (Å²) in [5.74, 6) is -2.11. The number of fused-ring (bicyclic) bond motifs is 2. The van der Waals surface area contributed by atoms with Crippen LogP contribution in [0.4, 0.5) is 5.69 Å². The molecule has 2 aromatic carbocycles. The molecule has 4 heterocycles. The van der Waals surface area contributed by atoms with Gasteiger partial charge in [-0.05, 0) is 64.4 Å². The van der Waals surface area contributed by atoms with E-state index >= 15 is 0 Å². The Hall–Kier alpha value is -3.95. The molecule has 0 aliphatic carbocycles. The predicted molar refractivity (Wildman–Crippen MR) is 166 cm³/mol. The van der Waals surface area contributed by atoms with E-state index < -0.39 is 47.3 Å². The summed E-state index contributed by atoms with van der Waals surface area (Å²) in [6.07, 6.45) is 7.49. The second kappa shape index (κ2) is 10.9. The van der Waals surface area contributed by atoms with E-state index in [9.17, 15) is 19.5 Å². The van der Waals surface area contributed by atoms with Crippen LogP contribution in [-0.4, -0.2) is 81.7 Å². The van der Waals surface area contributed by atoms with E-state index in [1.54, 1.807) is 9.80 Å². The van der Waals surface area contributed by atoms with Crippen LogP contribution in [0.5, 0.6) is 5.75 Å². The smallest absolute Gasteiger partial charge is 0.249 e. The molecule has 9 nitrogen and oxygen atoms in total. The molecule has 4 aliphatic rings. The van der Waals surface area contributed by atoms with Crippen molar-refractivity contribution in [2.24, 2.45) is 11.8 Å². The summed E-state index contributed by atoms with van der Waals surface area (Å²) in [5, 5.41) is 10.7. The summed E-state index contributed by atoms with van der Waals surface area (Å²) in [4.78, 5) is 49.1. The lowest BCUT2D eigenvalue weighted by molar-refractivity contribution is -0.157. The van der Waals surface area contributed by atoms with Gasteiger partial charge in [0.2, 0.25) is 17.7 Å². The number of aliphatic hydroxyl groups excluding tert-OH is 1. The van der Waals surface area contributed by atoms with Gasteiger partial charge in [0.15, 0.2) is 0 Å². The Balaban J connectivity index is 1.49. The van der Waals surface area contributed by atoms with Crippen LogP contribution in [0.2, 0.25) is 0 Å². The van der Waals surface area contributed by atoms with E-state index in [0.717, 1.165) is 0 Å². The maximum absolute atomic E-state index is 14.9. The number of nitrogens with zero attached hydrogens (tertiary/aromatic N) is 3. The Morgan fingerprint density at radius 1 is 0.932 bits per heavy atom. The van der Waals surface area contributed by atoms with Crippen LogP contribution in [0, 0.1) is 11.8 Å². The molecular formula is C35H41N3O6. The summed E-state index contributed by atoms with van der Waals surface area (Å²) >= 11 is 0. The number of likely N-dealkylation sites (tertiary alicyclic amines) is 1. The number of rotatable bonds is 6. The van der Waals surface area contributed by atoms with E-state index in [4.69, 9.17) is 9.47 Å². The molecule has 0 radical (unpaired) electrons. The van der Waals surface area contributed by atoms with Crippen LogP contribution >= 0.6 is 0 Å². The zero-order valence-electron chi connectivity index (χ0n) is 26.0. The number of carbonyl (C=O) groups excluding carboxylic acids is 3. The van der Waals surface area contributed by atoms with E-state index in [0.29, 0.717) is 36.7 Å². The molecule has 3 amide bonds. The van der Waals surface area contributed by atoms with Gasteiger partial charge in [-0.25, -0.2) is 0 Å². The first-order chi connectivity index (χ1) is 21.0. The number of aliphatic hydroxyl groups is 1. The molecule has 2 saturated heterocycles. The largest absolute Gasteiger partial charge is 0.494 e. The van der Waals surface area contributed by atoms with Crippen LogP contribution in [0.1, 0.15) is 46.2 Å². The first-order valence-corrected chi connectivity index (χ1v) is 15.4. The lowest BCUT2D eigenvalue weighted by Crippen LogP contribution is -2.59. The Labute approximate surface area is 258 Å². The Morgan fingerprint density at radius 2 is 1.61 bits per heavy atom. The Morgan fingerprint density at radius 3 is 2.25 bits per heavy atom. The van der Waals surface area contributed by atoms with Gasteiger partial charge in [0.05, 0.1) is 36.7 Å². The molecule has 6 atom stereocenters. The third-order valence-corrected chi connectivity index (χ3v) is 9.46. The van der Waals surface area contributed by atoms with E-state index in [2.05, 4.69) is 0 Å². The van der Waals surface area contributed by atoms with Gasteiger partial charge in [0.1, 0.15) is 17.4 Å². The molecule has 232 valence electrons. The van der Waals surface area contributed by atoms with E-state index in [1.165, 1.54) is 4.90 Å². The second-order valence-corrected chi connectivity index (χ2v) is 13.2. The minimum absolute atomic E-state index is 0.254. The van der Waals surface area contributed by atoms with Gasteiger partial charge in [0, 0.05) is 24.3 Å². The first-order valence-electron chi connectivity index (χ1n) is 15.4. The zero-order valence-corrected chi connectivity index (χ0v) is 26.0. The highest BCUT2D eigenvalue weighted by Gasteiger charge is 2.75. The number of benzene rings is 2. The molecule has 1 N–H and O–H groups in total. The summed E-state index contributed by atoms with van der Waals surface area (Å²) in [5.41, 5.74) is -1.74. The molecule has 1 spiro atoms. The van der Waals surface area contributed by atoms with Gasteiger partial charge in [0.25, 0.3) is 0 Å². The SMILES string of the molecule is CCOc1ccc(N2CC=C[C@]3(C)O[C@]45C=CCN(C(C)(C)C)C(=O)C4N([C@H](CO)c4ccccc4)C(=O)[C@@H]5[C@@H]3C2=O)cc1. The van der Waals surface area contributed by atoms with Crippen molar-refractivity contribution >= 4 is 23.4 Å². The zero-order chi connectivity index (χ0) is 31.4. The van der Waals surface area contributed by atoms with Gasteiger partial charge in [-0.2, -0.15) is 0 Å². The molecule has 0 bridgehead atoms. The van der Waals surface area contributed by atoms with Crippen molar-refractivity contribution in [3.8, 4) is 5.75 Å². The Bertz CT molecular complexity index is 1500. The number of carbonyl (C=O) groups is 3. The molecule has 0 saturated carbocycles. The van der Waals surface area contributed by atoms with Crippen molar-refractivity contribution in [1.82, 2.24) is 9.80 Å². The lowest BCUT2D eigenvalue weighted by Gasteiger charge is -2.43. The Kier molecular flexibility index (Phi) is 7.45. The van der Waals surface area contributed by atoms with Crippen molar-refractivity contribution in [1.29, 1.82) is 0 Å². The monoisotopic (exact) mass is 599 g/mol. The quantitative estimate of drug-likeness (QED) is 0.506. The van der Waals surface area contributed by atoms with E-state index in [1.807, 2.05) is 114 Å². The maximum Gasteiger partial charge on any atom is 0.249 e. The van der Waals surface area contributed by atoms with Crippen molar-refractivity contribution in [2.75, 3.05) is 31.2 Å². The molecule has 2 fully saturated rings. The van der Waals surface area contributed by atoms with Crippen LogP contribution < -0.4 is 9.64 Å². The topological polar surface area (TPSA) is 99.6 Å². The minimum atomic E-state index is -1.42. The molecule has 1 unspecified atom stereocenters. The summed E-state index contributed by atoms with van der Waals surface area (Å²) in [7, 11) is 0. The summed E-state index contributed by atoms with van der Waals surface area (Å²) in [6.45, 7) is 10.4. The fourth-order valence-electron chi connectivity index (χ4n) is 7.55. The van der Waals surface area contributed by atoms with Gasteiger partial charge < -0.3 is 29.3 Å². The number of hydrogen-bond acceptors (Lipinski definition) is 6. The normalized spacial score (nSPS) is 30.5. The maximum atomic E-state index is 14.9. The molecule has 6 rings (SSSR count). The molecule has 2 aromatic rings. The highest BCUT2D eigenvalue weighted by atomic mass is 16.5. The average Bonchev–Trinajstić information content (AvgIpc) is 3.25. The fraction of sp³-hybridized carbons (Fsp3) is 0.457. The van der Waals surface area contributed by atoms with Gasteiger partial charge in [-0.1, -0.05) is 54.6 Å². The second-order valence-electron chi connectivity index (χ2n) is 13.2. The van der Waals surface area contributed by atoms with Gasteiger partial charge >= 0.3 is 0 Å². The van der Waals surface area contributed by atoms with Crippen LogP contribution in [-0.2, 0) is 19.1 Å². The fourth-order valence-corrected chi connectivity index (χ4v) is 7.55. The van der Waals surface area contributed by atoms with Crippen molar-refractivity contribution in [3.05, 3.63) is 84.5 Å². The standard InChI is InChI=1S/C35H41N3O6/c1-6-43-25-16-14-24(15-17-25)36-20-10-18-34(5)27(30(36)40)28-31(41)38(26(22-39)23-12-8-7-9-13-23)29-32(42)37(33(2,3)4)21-11-19-35(28,29)44-34/h7-19,26-29,39H,6,20-22H2,1-5H3/t26-,27-,28+,29?,34+,35+/m1/s1. The highest BCUT2D eigenvalue weighted by molar-refractivity contribution is 6.04. The molecule has 9 heteroatoms. The highest BCUT2D eigenvalue weighted by Crippen LogP contribution is 2.59. The van der Waals surface area contributed by atoms with Crippen LogP contribution in [0.15, 0.2) is 78.9 Å². The van der Waals surface area contributed by atoms with E-state index in [-0.39, 0.29) is 17.7 Å². The third kappa shape index (κ3) is 4.56. The van der Waals surface area contributed by atoms with Crippen molar-refractivity contribution < 1.29 is 29.0 Å². The third-order valence-electron chi connectivity index (χ3n) is 9.46. The number of anilines is 1. The van der Waals surface area contributed by atoms with Gasteiger partial charge in [-0.15, -0.1) is 0 Å². The number of hydrogen-bond donors (Lipinski definition) is 1. The minimum Gasteiger partial charge on any atom is -0.494 e. The van der Waals surface area contributed by atoms with Crippen LogP contribution in [0.25, 0.3) is 0 Å². The molecule has 44 heavy (non-hydrogen) atoms. The first kappa shape index (κ1) is 30.1. The van der Waals surface area contributed by atoms with Gasteiger partial charge in [-0.3, -0.25) is 14.4 Å². The van der Waals surface area contributed by atoms with Crippen molar-refractivity contribution in [2.45, 2.75) is 63.4 Å². The molecule has 4 aliphatic heterocycles. The molecule has 0 aromatic heterocycles. The molecular weight excluding hydrogens is 558 g/mol. The van der Waals surface area contributed by atoms with Crippen molar-refractivity contribution in [3.63, 3.8) is 0 Å². The number of ether oxygens (including phenoxy) is 2. The summed E-state index contributed by atoms with van der Waals surface area (Å²) < 4.78 is 12.6. The average molecular weight is 600 g/mol. The number of amides is 3.